The fraction of sp³-hybridized carbons (Fsp3) is 0.333. The van der Waals surface area contributed by atoms with Gasteiger partial charge in [-0.05, 0) is 38.5 Å². The van der Waals surface area contributed by atoms with Crippen LogP contribution in [0.1, 0.15) is 16.9 Å². The molecule has 0 aliphatic carbocycles. The Balaban J connectivity index is 1.72. The SMILES string of the molecule is CN(C)CCCNC(=O)c1csc2nc(-c3cccs3)cn12. The number of hydrogen-bond donors (Lipinski definition) is 1. The molecule has 1 amide bonds. The summed E-state index contributed by atoms with van der Waals surface area (Å²) in [4.78, 5) is 21.0. The number of thiophene rings is 1. The zero-order chi connectivity index (χ0) is 15.5. The van der Waals surface area contributed by atoms with Gasteiger partial charge < -0.3 is 10.2 Å². The number of rotatable bonds is 6. The Labute approximate surface area is 137 Å². The first kappa shape index (κ1) is 15.2. The molecule has 0 fully saturated rings. The predicted octanol–water partition coefficient (Wildman–Crippen LogP) is 2.81. The van der Waals surface area contributed by atoms with Crippen molar-refractivity contribution in [2.45, 2.75) is 6.42 Å². The highest BCUT2D eigenvalue weighted by atomic mass is 32.1. The van der Waals surface area contributed by atoms with Crippen LogP contribution in [-0.4, -0.2) is 47.4 Å². The van der Waals surface area contributed by atoms with Gasteiger partial charge >= 0.3 is 0 Å². The number of imidazole rings is 1. The van der Waals surface area contributed by atoms with Gasteiger partial charge in [0.2, 0.25) is 0 Å². The maximum Gasteiger partial charge on any atom is 0.269 e. The van der Waals surface area contributed by atoms with Crippen molar-refractivity contribution in [3.8, 4) is 10.6 Å². The number of nitrogens with one attached hydrogen (secondary N) is 1. The van der Waals surface area contributed by atoms with Crippen LogP contribution in [0.4, 0.5) is 0 Å². The fourth-order valence-electron chi connectivity index (χ4n) is 2.18. The van der Waals surface area contributed by atoms with E-state index in [1.54, 1.807) is 11.3 Å². The summed E-state index contributed by atoms with van der Waals surface area (Å²) in [6, 6.07) is 4.05. The first-order valence-electron chi connectivity index (χ1n) is 7.08. The average Bonchev–Trinajstić information content (AvgIpc) is 3.16. The van der Waals surface area contributed by atoms with Crippen LogP contribution in [0.3, 0.4) is 0 Å². The molecule has 0 saturated carbocycles. The highest BCUT2D eigenvalue weighted by Crippen LogP contribution is 2.26. The molecular weight excluding hydrogens is 316 g/mol. The van der Waals surface area contributed by atoms with Gasteiger partial charge in [-0.15, -0.1) is 22.7 Å². The second-order valence-corrected chi connectivity index (χ2v) is 7.07. The van der Waals surface area contributed by atoms with E-state index in [0.717, 1.165) is 28.5 Å². The van der Waals surface area contributed by atoms with Crippen LogP contribution in [-0.2, 0) is 0 Å². The molecule has 22 heavy (non-hydrogen) atoms. The Hall–Kier alpha value is -1.70. The molecule has 3 aromatic rings. The number of nitrogens with zero attached hydrogens (tertiary/aromatic N) is 3. The van der Waals surface area contributed by atoms with Crippen LogP contribution in [0.25, 0.3) is 15.5 Å². The van der Waals surface area contributed by atoms with E-state index in [1.165, 1.54) is 11.3 Å². The molecule has 116 valence electrons. The highest BCUT2D eigenvalue weighted by Gasteiger charge is 2.15. The molecule has 7 heteroatoms. The van der Waals surface area contributed by atoms with Crippen LogP contribution < -0.4 is 5.32 Å². The molecule has 0 unspecified atom stereocenters. The summed E-state index contributed by atoms with van der Waals surface area (Å²) in [6.07, 6.45) is 2.88. The van der Waals surface area contributed by atoms with Crippen molar-refractivity contribution in [1.82, 2.24) is 19.6 Å². The molecule has 0 saturated heterocycles. The second kappa shape index (κ2) is 6.60. The lowest BCUT2D eigenvalue weighted by molar-refractivity contribution is 0.0946. The summed E-state index contributed by atoms with van der Waals surface area (Å²) in [6.45, 7) is 1.65. The minimum atomic E-state index is -0.0415. The van der Waals surface area contributed by atoms with Crippen molar-refractivity contribution in [2.24, 2.45) is 0 Å². The summed E-state index contributed by atoms with van der Waals surface area (Å²) in [7, 11) is 4.06. The average molecular weight is 334 g/mol. The number of thiazole rings is 1. The number of amides is 1. The minimum Gasteiger partial charge on any atom is -0.351 e. The van der Waals surface area contributed by atoms with Gasteiger partial charge in [0.05, 0.1) is 4.88 Å². The molecule has 3 aromatic heterocycles. The van der Waals surface area contributed by atoms with Crippen LogP contribution in [0.5, 0.6) is 0 Å². The number of aromatic nitrogens is 2. The molecule has 0 radical (unpaired) electrons. The highest BCUT2D eigenvalue weighted by molar-refractivity contribution is 7.15. The van der Waals surface area contributed by atoms with Gasteiger partial charge in [-0.3, -0.25) is 9.20 Å². The van der Waals surface area contributed by atoms with E-state index >= 15 is 0 Å². The second-order valence-electron chi connectivity index (χ2n) is 5.29. The van der Waals surface area contributed by atoms with E-state index in [-0.39, 0.29) is 5.91 Å². The lowest BCUT2D eigenvalue weighted by Gasteiger charge is -2.09. The monoisotopic (exact) mass is 334 g/mol. The van der Waals surface area contributed by atoms with Gasteiger partial charge in [0, 0.05) is 18.1 Å². The Bertz CT molecular complexity index is 758. The molecule has 0 aliphatic heterocycles. The normalized spacial score (nSPS) is 11.4. The Morgan fingerprint density at radius 2 is 2.27 bits per heavy atom. The molecule has 0 bridgehead atoms. The van der Waals surface area contributed by atoms with Crippen molar-refractivity contribution in [3.63, 3.8) is 0 Å². The third-order valence-electron chi connectivity index (χ3n) is 3.28. The van der Waals surface area contributed by atoms with E-state index < -0.39 is 0 Å². The zero-order valence-electron chi connectivity index (χ0n) is 12.6. The van der Waals surface area contributed by atoms with Crippen LogP contribution >= 0.6 is 22.7 Å². The van der Waals surface area contributed by atoms with E-state index in [2.05, 4.69) is 15.2 Å². The number of carbonyl (C=O) groups is 1. The molecular formula is C15H18N4OS2. The van der Waals surface area contributed by atoms with E-state index in [4.69, 9.17) is 0 Å². The van der Waals surface area contributed by atoms with Gasteiger partial charge in [-0.25, -0.2) is 4.98 Å². The summed E-state index contributed by atoms with van der Waals surface area (Å²) in [5, 5.41) is 6.86. The van der Waals surface area contributed by atoms with Crippen LogP contribution in [0.15, 0.2) is 29.1 Å². The van der Waals surface area contributed by atoms with Crippen molar-refractivity contribution < 1.29 is 4.79 Å². The Morgan fingerprint density at radius 3 is 3.00 bits per heavy atom. The predicted molar refractivity (Wildman–Crippen MR) is 91.9 cm³/mol. The molecule has 3 heterocycles. The van der Waals surface area contributed by atoms with Crippen molar-refractivity contribution >= 4 is 33.5 Å². The summed E-state index contributed by atoms with van der Waals surface area (Å²) in [5.41, 5.74) is 1.57. The standard InChI is InChI=1S/C15H18N4OS2/c1-18(2)7-4-6-16-14(20)12-10-22-15-17-11(9-19(12)15)13-5-3-8-21-13/h3,5,8-10H,4,6-7H2,1-2H3,(H,16,20). The smallest absolute Gasteiger partial charge is 0.269 e. The lowest BCUT2D eigenvalue weighted by Crippen LogP contribution is -2.27. The van der Waals surface area contributed by atoms with E-state index in [0.29, 0.717) is 12.2 Å². The van der Waals surface area contributed by atoms with Crippen LogP contribution in [0.2, 0.25) is 0 Å². The summed E-state index contributed by atoms with van der Waals surface area (Å²) in [5.74, 6) is -0.0415. The molecule has 0 atom stereocenters. The van der Waals surface area contributed by atoms with Gasteiger partial charge in [0.25, 0.3) is 5.91 Å². The zero-order valence-corrected chi connectivity index (χ0v) is 14.2. The maximum absolute atomic E-state index is 12.3. The summed E-state index contributed by atoms with van der Waals surface area (Å²) < 4.78 is 1.88. The number of fused-ring (bicyclic) bond motifs is 1. The van der Waals surface area contributed by atoms with Crippen molar-refractivity contribution in [1.29, 1.82) is 0 Å². The Morgan fingerprint density at radius 1 is 1.41 bits per heavy atom. The number of carbonyl (C=O) groups excluding carboxylic acids is 1. The molecule has 0 aliphatic rings. The first-order valence-corrected chi connectivity index (χ1v) is 8.84. The largest absolute Gasteiger partial charge is 0.351 e. The third-order valence-corrected chi connectivity index (χ3v) is 5.02. The molecule has 1 N–H and O–H groups in total. The Kier molecular flexibility index (Phi) is 4.56. The maximum atomic E-state index is 12.3. The van der Waals surface area contributed by atoms with Gasteiger partial charge in [0.1, 0.15) is 11.4 Å². The summed E-state index contributed by atoms with van der Waals surface area (Å²) >= 11 is 3.14. The number of hydrogen-bond acceptors (Lipinski definition) is 5. The fourth-order valence-corrected chi connectivity index (χ4v) is 3.71. The van der Waals surface area contributed by atoms with Crippen molar-refractivity contribution in [3.05, 3.63) is 34.8 Å². The van der Waals surface area contributed by atoms with E-state index in [9.17, 15) is 4.79 Å². The molecule has 0 aromatic carbocycles. The van der Waals surface area contributed by atoms with Gasteiger partial charge in [-0.1, -0.05) is 6.07 Å². The molecule has 5 nitrogen and oxygen atoms in total. The van der Waals surface area contributed by atoms with Crippen LogP contribution in [0, 0.1) is 0 Å². The molecule has 0 spiro atoms. The minimum absolute atomic E-state index is 0.0415. The van der Waals surface area contributed by atoms with Gasteiger partial charge in [-0.2, -0.15) is 0 Å². The van der Waals surface area contributed by atoms with E-state index in [1.807, 2.05) is 47.6 Å². The topological polar surface area (TPSA) is 49.6 Å². The lowest BCUT2D eigenvalue weighted by atomic mass is 10.3. The van der Waals surface area contributed by atoms with Gasteiger partial charge in [0.15, 0.2) is 4.96 Å². The first-order chi connectivity index (χ1) is 10.6. The van der Waals surface area contributed by atoms with Crippen molar-refractivity contribution in [2.75, 3.05) is 27.2 Å². The third kappa shape index (κ3) is 3.21. The quantitative estimate of drug-likeness (QED) is 0.705. The molecule has 3 rings (SSSR count).